The molecule has 3 aromatic carbocycles. The molecule has 0 bridgehead atoms. The molecule has 3 rings (SSSR count). The summed E-state index contributed by atoms with van der Waals surface area (Å²) >= 11 is 0. The van der Waals surface area contributed by atoms with Crippen LogP contribution in [-0.2, 0) is 4.79 Å². The number of rotatable bonds is 6. The van der Waals surface area contributed by atoms with Crippen molar-refractivity contribution in [2.24, 2.45) is 0 Å². The van der Waals surface area contributed by atoms with Crippen molar-refractivity contribution in [2.45, 2.75) is 0 Å². The predicted molar refractivity (Wildman–Crippen MR) is 107 cm³/mol. The smallest absolute Gasteiger partial charge is 0.352 e. The number of hydrogen-bond donors (Lipinski definition) is 2. The van der Waals surface area contributed by atoms with Crippen molar-refractivity contribution in [3.63, 3.8) is 0 Å². The second-order valence-electron chi connectivity index (χ2n) is 6.05. The highest BCUT2D eigenvalue weighted by molar-refractivity contribution is 6.02. The maximum absolute atomic E-state index is 12.3. The van der Waals surface area contributed by atoms with Gasteiger partial charge in [0.05, 0.1) is 0 Å². The van der Waals surface area contributed by atoms with Gasteiger partial charge < -0.3 is 10.4 Å². The summed E-state index contributed by atoms with van der Waals surface area (Å²) in [6.45, 7) is 0. The highest BCUT2D eigenvalue weighted by Gasteiger charge is 2.13. The molecule has 5 heteroatoms. The fourth-order valence-electron chi connectivity index (χ4n) is 2.70. The molecule has 0 spiro atoms. The third-order valence-electron chi connectivity index (χ3n) is 4.07. The molecular formula is C23H17NO4. The third-order valence-corrected chi connectivity index (χ3v) is 4.07. The van der Waals surface area contributed by atoms with Gasteiger partial charge in [-0.15, -0.1) is 0 Å². The molecular weight excluding hydrogens is 354 g/mol. The lowest BCUT2D eigenvalue weighted by atomic mass is 10.0. The van der Waals surface area contributed by atoms with Gasteiger partial charge in [-0.3, -0.25) is 9.59 Å². The zero-order valence-electron chi connectivity index (χ0n) is 14.8. The van der Waals surface area contributed by atoms with Gasteiger partial charge in [-0.05, 0) is 47.0 Å². The van der Waals surface area contributed by atoms with Crippen LogP contribution in [0.3, 0.4) is 0 Å². The molecule has 0 heterocycles. The van der Waals surface area contributed by atoms with Gasteiger partial charge in [0.25, 0.3) is 5.91 Å². The third kappa shape index (κ3) is 4.59. The first-order valence-electron chi connectivity index (χ1n) is 8.54. The molecule has 28 heavy (non-hydrogen) atoms. The molecule has 0 saturated heterocycles. The number of benzene rings is 3. The fraction of sp³-hybridized carbons (Fsp3) is 0. The molecule has 0 aliphatic rings. The first-order valence-corrected chi connectivity index (χ1v) is 8.54. The molecule has 0 aromatic heterocycles. The van der Waals surface area contributed by atoms with Crippen molar-refractivity contribution in [3.8, 4) is 11.1 Å². The molecule has 2 N–H and O–H groups in total. The van der Waals surface area contributed by atoms with E-state index in [1.54, 1.807) is 66.7 Å². The van der Waals surface area contributed by atoms with Crippen molar-refractivity contribution in [3.05, 3.63) is 101 Å². The van der Waals surface area contributed by atoms with E-state index in [-0.39, 0.29) is 5.70 Å². The lowest BCUT2D eigenvalue weighted by Gasteiger charge is -2.08. The Kier molecular flexibility index (Phi) is 5.77. The monoisotopic (exact) mass is 371 g/mol. The summed E-state index contributed by atoms with van der Waals surface area (Å²) in [5, 5.41) is 11.9. The Bertz CT molecular complexity index is 1050. The van der Waals surface area contributed by atoms with Gasteiger partial charge >= 0.3 is 5.97 Å². The Balaban J connectivity index is 1.90. The van der Waals surface area contributed by atoms with E-state index < -0.39 is 11.9 Å². The zero-order chi connectivity index (χ0) is 19.9. The summed E-state index contributed by atoms with van der Waals surface area (Å²) < 4.78 is 0. The van der Waals surface area contributed by atoms with Gasteiger partial charge in [0, 0.05) is 11.1 Å². The van der Waals surface area contributed by atoms with Crippen LogP contribution in [0.2, 0.25) is 0 Å². The Labute approximate surface area is 162 Å². The second-order valence-corrected chi connectivity index (χ2v) is 6.05. The average molecular weight is 371 g/mol. The minimum Gasteiger partial charge on any atom is -0.477 e. The van der Waals surface area contributed by atoms with Crippen LogP contribution >= 0.6 is 0 Å². The quantitative estimate of drug-likeness (QED) is 0.506. The molecule has 138 valence electrons. The summed E-state index contributed by atoms with van der Waals surface area (Å²) in [7, 11) is 0. The maximum Gasteiger partial charge on any atom is 0.352 e. The molecule has 1 amide bonds. The van der Waals surface area contributed by atoms with Crippen LogP contribution in [0.1, 0.15) is 26.3 Å². The Morgan fingerprint density at radius 3 is 2.00 bits per heavy atom. The first-order chi connectivity index (χ1) is 13.6. The molecule has 0 saturated carbocycles. The van der Waals surface area contributed by atoms with E-state index in [1.165, 1.54) is 6.08 Å². The van der Waals surface area contributed by atoms with E-state index in [4.69, 9.17) is 0 Å². The largest absolute Gasteiger partial charge is 0.477 e. The number of nitrogens with one attached hydrogen (secondary N) is 1. The van der Waals surface area contributed by atoms with Gasteiger partial charge in [-0.25, -0.2) is 4.79 Å². The predicted octanol–water partition coefficient (Wildman–Crippen LogP) is 4.02. The molecule has 3 aromatic rings. The van der Waals surface area contributed by atoms with Crippen molar-refractivity contribution >= 4 is 24.2 Å². The molecule has 0 unspecified atom stereocenters. The summed E-state index contributed by atoms with van der Waals surface area (Å²) in [5.41, 5.74) is 2.97. The molecule has 0 fully saturated rings. The number of carbonyl (C=O) groups excluding carboxylic acids is 2. The van der Waals surface area contributed by atoms with E-state index in [2.05, 4.69) is 5.32 Å². The first kappa shape index (κ1) is 18.8. The van der Waals surface area contributed by atoms with E-state index >= 15 is 0 Å². The fourth-order valence-corrected chi connectivity index (χ4v) is 2.70. The number of aldehydes is 1. The van der Waals surface area contributed by atoms with Crippen LogP contribution in [-0.4, -0.2) is 23.3 Å². The van der Waals surface area contributed by atoms with Crippen molar-refractivity contribution in [2.75, 3.05) is 0 Å². The minimum absolute atomic E-state index is 0.229. The minimum atomic E-state index is -1.24. The summed E-state index contributed by atoms with van der Waals surface area (Å²) in [6, 6.07) is 22.7. The van der Waals surface area contributed by atoms with Crippen LogP contribution < -0.4 is 5.32 Å². The highest BCUT2D eigenvalue weighted by Crippen LogP contribution is 2.22. The van der Waals surface area contributed by atoms with Crippen LogP contribution in [0.4, 0.5) is 0 Å². The van der Waals surface area contributed by atoms with Crippen LogP contribution in [0.25, 0.3) is 17.2 Å². The van der Waals surface area contributed by atoms with Crippen molar-refractivity contribution in [1.29, 1.82) is 0 Å². The lowest BCUT2D eigenvalue weighted by Crippen LogP contribution is -2.27. The van der Waals surface area contributed by atoms with Crippen LogP contribution in [0.5, 0.6) is 0 Å². The maximum atomic E-state index is 12.3. The Hall–Kier alpha value is -3.99. The number of hydrogen-bond acceptors (Lipinski definition) is 3. The summed E-state index contributed by atoms with van der Waals surface area (Å²) in [5.74, 6) is -1.73. The topological polar surface area (TPSA) is 83.5 Å². The molecule has 0 atom stereocenters. The Morgan fingerprint density at radius 2 is 1.39 bits per heavy atom. The number of aliphatic carboxylic acids is 1. The van der Waals surface area contributed by atoms with E-state index in [1.807, 2.05) is 12.1 Å². The molecule has 0 aliphatic heterocycles. The number of amides is 1. The Morgan fingerprint density at radius 1 is 0.786 bits per heavy atom. The van der Waals surface area contributed by atoms with Crippen LogP contribution in [0.15, 0.2) is 84.6 Å². The van der Waals surface area contributed by atoms with Crippen molar-refractivity contribution < 1.29 is 19.5 Å². The molecule has 5 nitrogen and oxygen atoms in total. The molecule has 0 aliphatic carbocycles. The number of carboxylic acids is 1. The lowest BCUT2D eigenvalue weighted by molar-refractivity contribution is -0.132. The van der Waals surface area contributed by atoms with Crippen LogP contribution in [0, 0.1) is 0 Å². The SMILES string of the molecule is O=Cc1cccc(-c2cccc(C=C(NC(=O)c3ccccc3)C(=O)O)c2)c1. The average Bonchev–Trinajstić information content (AvgIpc) is 2.74. The normalized spacial score (nSPS) is 10.9. The van der Waals surface area contributed by atoms with Gasteiger partial charge in [0.15, 0.2) is 0 Å². The van der Waals surface area contributed by atoms with Gasteiger partial charge in [-0.2, -0.15) is 0 Å². The second kappa shape index (κ2) is 8.60. The zero-order valence-corrected chi connectivity index (χ0v) is 14.8. The standard InChI is InChI=1S/C23H17NO4/c25-15-17-7-5-11-20(13-17)19-10-4-6-16(12-19)14-21(23(27)28)24-22(26)18-8-2-1-3-9-18/h1-15H,(H,24,26)(H,27,28). The van der Waals surface area contributed by atoms with E-state index in [9.17, 15) is 19.5 Å². The van der Waals surface area contributed by atoms with Gasteiger partial charge in [0.2, 0.25) is 0 Å². The van der Waals surface area contributed by atoms with Crippen molar-refractivity contribution in [1.82, 2.24) is 5.32 Å². The van der Waals surface area contributed by atoms with E-state index in [0.717, 1.165) is 17.4 Å². The number of carboxylic acid groups (broad SMARTS) is 1. The van der Waals surface area contributed by atoms with Gasteiger partial charge in [0.1, 0.15) is 12.0 Å². The van der Waals surface area contributed by atoms with E-state index in [0.29, 0.717) is 16.7 Å². The number of carbonyl (C=O) groups is 3. The van der Waals surface area contributed by atoms with Gasteiger partial charge in [-0.1, -0.05) is 54.6 Å². The summed E-state index contributed by atoms with van der Waals surface area (Å²) in [4.78, 5) is 34.8. The molecule has 0 radical (unpaired) electrons. The highest BCUT2D eigenvalue weighted by atomic mass is 16.4. The summed E-state index contributed by atoms with van der Waals surface area (Å²) in [6.07, 6.45) is 2.17.